The van der Waals surface area contributed by atoms with Gasteiger partial charge < -0.3 is 10.8 Å². The Morgan fingerprint density at radius 3 is 2.92 bits per heavy atom. The van der Waals surface area contributed by atoms with Crippen LogP contribution in [0, 0.1) is 0 Å². The summed E-state index contributed by atoms with van der Waals surface area (Å²) in [4.78, 5) is 2.40. The Balaban J connectivity index is 1.89. The van der Waals surface area contributed by atoms with Gasteiger partial charge in [-0.1, -0.05) is 0 Å². The van der Waals surface area contributed by atoms with Gasteiger partial charge in [0.05, 0.1) is 5.60 Å². The van der Waals surface area contributed by atoms with Gasteiger partial charge in [-0.25, -0.2) is 0 Å². The second-order valence-corrected chi connectivity index (χ2v) is 5.81. The van der Waals surface area contributed by atoms with Crippen LogP contribution in [0.2, 0.25) is 0 Å². The lowest BCUT2D eigenvalue weighted by Crippen LogP contribution is -2.49. The minimum atomic E-state index is -0.699. The molecule has 2 aliphatic rings. The molecule has 0 radical (unpaired) electrons. The SMILES string of the molecule is CC(O)(CN)CN1CC2CC1CS2. The molecular weight excluding hydrogens is 184 g/mol. The lowest BCUT2D eigenvalue weighted by atomic mass is 10.1. The number of likely N-dealkylation sites (tertiary alicyclic amines) is 1. The Morgan fingerprint density at radius 2 is 2.46 bits per heavy atom. The molecule has 76 valence electrons. The minimum Gasteiger partial charge on any atom is -0.388 e. The molecule has 0 amide bonds. The summed E-state index contributed by atoms with van der Waals surface area (Å²) in [6.45, 7) is 4.07. The summed E-state index contributed by atoms with van der Waals surface area (Å²) in [5.74, 6) is 1.24. The number of hydrogen-bond donors (Lipinski definition) is 2. The summed E-state index contributed by atoms with van der Waals surface area (Å²) >= 11 is 2.07. The number of thioether (sulfide) groups is 1. The molecule has 0 spiro atoms. The molecule has 4 heteroatoms. The number of β-amino-alcohol motifs (C(OH)–C–C–N with tert-alkyl or cyclic N) is 1. The predicted molar refractivity (Wildman–Crippen MR) is 55.9 cm³/mol. The van der Waals surface area contributed by atoms with Crippen molar-refractivity contribution in [2.45, 2.75) is 30.2 Å². The zero-order valence-electron chi connectivity index (χ0n) is 8.07. The van der Waals surface area contributed by atoms with Crippen molar-refractivity contribution < 1.29 is 5.11 Å². The van der Waals surface area contributed by atoms with Gasteiger partial charge in [-0.3, -0.25) is 4.90 Å². The quantitative estimate of drug-likeness (QED) is 0.670. The molecule has 3 atom stereocenters. The van der Waals surface area contributed by atoms with Crippen LogP contribution in [0.3, 0.4) is 0 Å². The van der Waals surface area contributed by atoms with Crippen LogP contribution in [-0.4, -0.2) is 52.3 Å². The van der Waals surface area contributed by atoms with Gasteiger partial charge in [-0.15, -0.1) is 0 Å². The fourth-order valence-electron chi connectivity index (χ4n) is 2.17. The Morgan fingerprint density at radius 1 is 1.69 bits per heavy atom. The monoisotopic (exact) mass is 202 g/mol. The number of rotatable bonds is 3. The molecule has 2 fully saturated rings. The van der Waals surface area contributed by atoms with Crippen LogP contribution < -0.4 is 5.73 Å². The first-order valence-corrected chi connectivity index (χ1v) is 5.94. The van der Waals surface area contributed by atoms with E-state index in [0.29, 0.717) is 12.6 Å². The third-order valence-electron chi connectivity index (χ3n) is 3.00. The lowest BCUT2D eigenvalue weighted by Gasteiger charge is -2.33. The number of fused-ring (bicyclic) bond motifs is 2. The maximum atomic E-state index is 9.84. The highest BCUT2D eigenvalue weighted by Gasteiger charge is 2.40. The van der Waals surface area contributed by atoms with E-state index < -0.39 is 5.60 Å². The summed E-state index contributed by atoms with van der Waals surface area (Å²) in [5, 5.41) is 10.7. The van der Waals surface area contributed by atoms with Crippen LogP contribution in [0.4, 0.5) is 0 Å². The van der Waals surface area contributed by atoms with Crippen molar-refractivity contribution in [3.63, 3.8) is 0 Å². The van der Waals surface area contributed by atoms with Gasteiger partial charge in [0.15, 0.2) is 0 Å². The number of hydrogen-bond acceptors (Lipinski definition) is 4. The highest BCUT2D eigenvalue weighted by molar-refractivity contribution is 8.00. The van der Waals surface area contributed by atoms with E-state index in [1.807, 2.05) is 6.92 Å². The van der Waals surface area contributed by atoms with E-state index in [4.69, 9.17) is 5.73 Å². The van der Waals surface area contributed by atoms with Crippen LogP contribution in [-0.2, 0) is 0 Å². The van der Waals surface area contributed by atoms with Gasteiger partial charge in [-0.2, -0.15) is 11.8 Å². The molecule has 2 bridgehead atoms. The topological polar surface area (TPSA) is 49.5 Å². The van der Waals surface area contributed by atoms with E-state index in [2.05, 4.69) is 16.7 Å². The average Bonchev–Trinajstić information content (AvgIpc) is 2.64. The van der Waals surface area contributed by atoms with Crippen LogP contribution in [0.5, 0.6) is 0 Å². The van der Waals surface area contributed by atoms with Gasteiger partial charge >= 0.3 is 0 Å². The highest BCUT2D eigenvalue weighted by Crippen LogP contribution is 2.37. The summed E-state index contributed by atoms with van der Waals surface area (Å²) < 4.78 is 0. The third kappa shape index (κ3) is 2.01. The molecule has 2 aliphatic heterocycles. The lowest BCUT2D eigenvalue weighted by molar-refractivity contribution is 0.0254. The van der Waals surface area contributed by atoms with Crippen molar-refractivity contribution in [3.8, 4) is 0 Å². The average molecular weight is 202 g/mol. The van der Waals surface area contributed by atoms with E-state index in [1.165, 1.54) is 12.2 Å². The van der Waals surface area contributed by atoms with Crippen molar-refractivity contribution in [1.29, 1.82) is 0 Å². The summed E-state index contributed by atoms with van der Waals surface area (Å²) in [5.41, 5.74) is 4.80. The molecule has 0 aromatic carbocycles. The summed E-state index contributed by atoms with van der Waals surface area (Å²) in [6.07, 6.45) is 1.31. The fraction of sp³-hybridized carbons (Fsp3) is 1.00. The van der Waals surface area contributed by atoms with Gasteiger partial charge in [-0.05, 0) is 13.3 Å². The first-order valence-electron chi connectivity index (χ1n) is 4.89. The molecule has 3 N–H and O–H groups in total. The van der Waals surface area contributed by atoms with Crippen molar-refractivity contribution in [3.05, 3.63) is 0 Å². The third-order valence-corrected chi connectivity index (χ3v) is 4.39. The molecule has 2 rings (SSSR count). The molecule has 13 heavy (non-hydrogen) atoms. The summed E-state index contributed by atoms with van der Waals surface area (Å²) in [6, 6.07) is 0.702. The van der Waals surface area contributed by atoms with Crippen LogP contribution in [0.15, 0.2) is 0 Å². The molecule has 0 aromatic heterocycles. The van der Waals surface area contributed by atoms with E-state index in [1.54, 1.807) is 0 Å². The van der Waals surface area contributed by atoms with Gasteiger partial charge in [0.1, 0.15) is 0 Å². The smallest absolute Gasteiger partial charge is 0.0867 e. The Kier molecular flexibility index (Phi) is 2.57. The van der Waals surface area contributed by atoms with Gasteiger partial charge in [0.25, 0.3) is 0 Å². The van der Waals surface area contributed by atoms with E-state index in [-0.39, 0.29) is 0 Å². The maximum absolute atomic E-state index is 9.84. The van der Waals surface area contributed by atoms with Crippen molar-refractivity contribution in [1.82, 2.24) is 4.90 Å². The Labute approximate surface area is 83.7 Å². The van der Waals surface area contributed by atoms with Gasteiger partial charge in [0.2, 0.25) is 0 Å². The predicted octanol–water partition coefficient (Wildman–Crippen LogP) is -0.114. The molecule has 0 saturated carbocycles. The molecule has 2 heterocycles. The van der Waals surface area contributed by atoms with Gasteiger partial charge in [0, 0.05) is 36.7 Å². The minimum absolute atomic E-state index is 0.355. The maximum Gasteiger partial charge on any atom is 0.0867 e. The van der Waals surface area contributed by atoms with Crippen LogP contribution in [0.25, 0.3) is 0 Å². The van der Waals surface area contributed by atoms with Crippen molar-refractivity contribution in [2.24, 2.45) is 5.73 Å². The number of aliphatic hydroxyl groups is 1. The first kappa shape index (κ1) is 9.77. The molecule has 2 saturated heterocycles. The molecule has 0 aliphatic carbocycles. The first-order chi connectivity index (χ1) is 6.11. The molecule has 3 unspecified atom stereocenters. The number of nitrogens with two attached hydrogens (primary N) is 1. The zero-order valence-corrected chi connectivity index (χ0v) is 8.89. The van der Waals surface area contributed by atoms with Crippen LogP contribution >= 0.6 is 11.8 Å². The van der Waals surface area contributed by atoms with E-state index in [9.17, 15) is 5.11 Å². The fourth-order valence-corrected chi connectivity index (χ4v) is 3.67. The van der Waals surface area contributed by atoms with Crippen LogP contribution in [0.1, 0.15) is 13.3 Å². The molecule has 0 aromatic rings. The standard InChI is InChI=1S/C9H18N2OS/c1-9(12,5-10)6-11-3-8-2-7(11)4-13-8/h7-8,12H,2-6,10H2,1H3. The number of nitrogens with zero attached hydrogens (tertiary/aromatic N) is 1. The van der Waals surface area contributed by atoms with Crippen molar-refractivity contribution >= 4 is 11.8 Å². The van der Waals surface area contributed by atoms with E-state index >= 15 is 0 Å². The largest absolute Gasteiger partial charge is 0.388 e. The second kappa shape index (κ2) is 3.42. The molecular formula is C9H18N2OS. The second-order valence-electron chi connectivity index (χ2n) is 4.48. The normalized spacial score (nSPS) is 38.1. The Bertz CT molecular complexity index is 198. The molecule has 3 nitrogen and oxygen atoms in total. The zero-order chi connectivity index (χ0) is 9.47. The summed E-state index contributed by atoms with van der Waals surface area (Å²) in [7, 11) is 0. The van der Waals surface area contributed by atoms with Crippen molar-refractivity contribution in [2.75, 3.05) is 25.4 Å². The van der Waals surface area contributed by atoms with E-state index in [0.717, 1.165) is 18.3 Å². The Hall–Kier alpha value is 0.230. The highest BCUT2D eigenvalue weighted by atomic mass is 32.2.